The van der Waals surface area contributed by atoms with Gasteiger partial charge in [0.25, 0.3) is 0 Å². The van der Waals surface area contributed by atoms with E-state index in [1.54, 1.807) is 0 Å². The first kappa shape index (κ1) is 20.6. The summed E-state index contributed by atoms with van der Waals surface area (Å²) in [7, 11) is 0. The van der Waals surface area contributed by atoms with Gasteiger partial charge < -0.3 is 14.4 Å². The fourth-order valence-corrected chi connectivity index (χ4v) is 5.59. The van der Waals surface area contributed by atoms with Crippen LogP contribution in [0.3, 0.4) is 0 Å². The summed E-state index contributed by atoms with van der Waals surface area (Å²) < 4.78 is 12.8. The van der Waals surface area contributed by atoms with Crippen LogP contribution in [0.2, 0.25) is 0 Å². The second-order valence-corrected chi connectivity index (χ2v) is 10.4. The lowest BCUT2D eigenvalue weighted by Crippen LogP contribution is -2.40. The van der Waals surface area contributed by atoms with Crippen molar-refractivity contribution in [2.24, 2.45) is 17.3 Å². The van der Waals surface area contributed by atoms with Gasteiger partial charge in [-0.1, -0.05) is 34.6 Å². The molecule has 1 unspecified atom stereocenters. The van der Waals surface area contributed by atoms with Gasteiger partial charge in [-0.2, -0.15) is 0 Å². The van der Waals surface area contributed by atoms with Crippen LogP contribution in [0.25, 0.3) is 0 Å². The summed E-state index contributed by atoms with van der Waals surface area (Å²) in [5.74, 6) is 1.35. The summed E-state index contributed by atoms with van der Waals surface area (Å²) in [6.07, 6.45) is 11.5. The van der Waals surface area contributed by atoms with Crippen LogP contribution in [0, 0.1) is 17.3 Å². The predicted molar refractivity (Wildman–Crippen MR) is 108 cm³/mol. The highest BCUT2D eigenvalue weighted by atomic mass is 16.7. The molecule has 3 aliphatic rings. The standard InChI is InChI=1S/C23H43NO2/c1-6-14-24(20-7-8-20)15-11-21-17-25-23(26-21)12-9-19(10-13-23)22(4,5)16-18(2)3/h18-21H,6-17H2,1-5H3. The Bertz CT molecular complexity index is 435. The van der Waals surface area contributed by atoms with Gasteiger partial charge in [-0.05, 0) is 68.7 Å². The summed E-state index contributed by atoms with van der Waals surface area (Å²) in [4.78, 5) is 2.68. The van der Waals surface area contributed by atoms with E-state index in [1.807, 2.05) is 0 Å². The van der Waals surface area contributed by atoms with E-state index < -0.39 is 0 Å². The lowest BCUT2D eigenvalue weighted by Gasteiger charge is -2.43. The Kier molecular flexibility index (Phi) is 6.73. The maximum absolute atomic E-state index is 6.51. The molecule has 0 radical (unpaired) electrons. The molecule has 1 heterocycles. The van der Waals surface area contributed by atoms with Gasteiger partial charge in [0.2, 0.25) is 0 Å². The highest BCUT2D eigenvalue weighted by Gasteiger charge is 2.46. The van der Waals surface area contributed by atoms with Crippen molar-refractivity contribution in [2.75, 3.05) is 19.7 Å². The van der Waals surface area contributed by atoms with E-state index in [4.69, 9.17) is 9.47 Å². The minimum Gasteiger partial charge on any atom is -0.347 e. The highest BCUT2D eigenvalue weighted by molar-refractivity contribution is 4.91. The molecule has 1 atom stereocenters. The van der Waals surface area contributed by atoms with Crippen molar-refractivity contribution in [1.29, 1.82) is 0 Å². The Balaban J connectivity index is 1.44. The molecule has 0 aromatic heterocycles. The molecule has 3 heteroatoms. The maximum Gasteiger partial charge on any atom is 0.168 e. The molecular formula is C23H43NO2. The number of hydrogen-bond donors (Lipinski definition) is 0. The fraction of sp³-hybridized carbons (Fsp3) is 1.00. The predicted octanol–water partition coefficient (Wildman–Crippen LogP) is 5.63. The monoisotopic (exact) mass is 365 g/mol. The molecule has 1 aliphatic heterocycles. The quantitative estimate of drug-likeness (QED) is 0.529. The van der Waals surface area contributed by atoms with E-state index in [0.29, 0.717) is 11.5 Å². The Labute approximate surface area is 162 Å². The molecule has 3 fully saturated rings. The third-order valence-corrected chi connectivity index (χ3v) is 7.01. The first-order valence-electron chi connectivity index (χ1n) is 11.4. The van der Waals surface area contributed by atoms with Gasteiger partial charge in [0, 0.05) is 25.4 Å². The summed E-state index contributed by atoms with van der Waals surface area (Å²) in [5, 5.41) is 0. The van der Waals surface area contributed by atoms with Crippen LogP contribution in [-0.2, 0) is 9.47 Å². The first-order valence-corrected chi connectivity index (χ1v) is 11.4. The Hall–Kier alpha value is -0.120. The minimum atomic E-state index is -0.246. The van der Waals surface area contributed by atoms with Gasteiger partial charge in [-0.15, -0.1) is 0 Å². The van der Waals surface area contributed by atoms with Gasteiger partial charge in [0.15, 0.2) is 5.79 Å². The van der Waals surface area contributed by atoms with Crippen molar-refractivity contribution in [1.82, 2.24) is 4.90 Å². The zero-order chi connectivity index (χ0) is 18.8. The second-order valence-electron chi connectivity index (χ2n) is 10.4. The molecule has 0 aromatic carbocycles. The molecule has 3 nitrogen and oxygen atoms in total. The SMILES string of the molecule is CCCN(CCC1COC2(CCC(C(C)(C)CC(C)C)CC2)O1)C1CC1. The summed E-state index contributed by atoms with van der Waals surface area (Å²) >= 11 is 0. The topological polar surface area (TPSA) is 21.7 Å². The van der Waals surface area contributed by atoms with Gasteiger partial charge in [0.1, 0.15) is 0 Å². The zero-order valence-electron chi connectivity index (χ0n) is 18.1. The fourth-order valence-electron chi connectivity index (χ4n) is 5.59. The van der Waals surface area contributed by atoms with E-state index in [1.165, 1.54) is 51.6 Å². The summed E-state index contributed by atoms with van der Waals surface area (Å²) in [5.41, 5.74) is 0.443. The summed E-state index contributed by atoms with van der Waals surface area (Å²) in [6, 6.07) is 0.866. The van der Waals surface area contributed by atoms with Crippen molar-refractivity contribution in [3.63, 3.8) is 0 Å². The minimum absolute atomic E-state index is 0.246. The van der Waals surface area contributed by atoms with Crippen LogP contribution >= 0.6 is 0 Å². The zero-order valence-corrected chi connectivity index (χ0v) is 18.1. The molecule has 0 amide bonds. The van der Waals surface area contributed by atoms with Gasteiger partial charge in [-0.25, -0.2) is 0 Å². The molecule has 1 saturated heterocycles. The number of hydrogen-bond acceptors (Lipinski definition) is 3. The Morgan fingerprint density at radius 3 is 2.35 bits per heavy atom. The summed E-state index contributed by atoms with van der Waals surface area (Å²) in [6.45, 7) is 15.2. The normalized spacial score (nSPS) is 32.9. The maximum atomic E-state index is 6.51. The molecule has 3 rings (SSSR count). The molecule has 0 bridgehead atoms. The average Bonchev–Trinajstić information content (AvgIpc) is 3.34. The van der Waals surface area contributed by atoms with Crippen LogP contribution in [0.15, 0.2) is 0 Å². The van der Waals surface area contributed by atoms with Crippen molar-refractivity contribution >= 4 is 0 Å². The molecule has 2 saturated carbocycles. The first-order chi connectivity index (χ1) is 12.3. The van der Waals surface area contributed by atoms with Crippen LogP contribution in [0.4, 0.5) is 0 Å². The van der Waals surface area contributed by atoms with E-state index in [9.17, 15) is 0 Å². The molecule has 0 N–H and O–H groups in total. The third-order valence-electron chi connectivity index (χ3n) is 7.01. The van der Waals surface area contributed by atoms with E-state index in [0.717, 1.165) is 43.7 Å². The Morgan fingerprint density at radius 1 is 1.08 bits per heavy atom. The smallest absolute Gasteiger partial charge is 0.168 e. The number of nitrogens with zero attached hydrogens (tertiary/aromatic N) is 1. The molecule has 2 aliphatic carbocycles. The second kappa shape index (κ2) is 8.49. The molecular weight excluding hydrogens is 322 g/mol. The van der Waals surface area contributed by atoms with Gasteiger partial charge >= 0.3 is 0 Å². The molecule has 152 valence electrons. The van der Waals surface area contributed by atoms with Gasteiger partial charge in [-0.3, -0.25) is 0 Å². The van der Waals surface area contributed by atoms with Crippen LogP contribution < -0.4 is 0 Å². The lowest BCUT2D eigenvalue weighted by atomic mass is 9.66. The Morgan fingerprint density at radius 2 is 1.77 bits per heavy atom. The van der Waals surface area contributed by atoms with E-state index >= 15 is 0 Å². The van der Waals surface area contributed by atoms with Crippen LogP contribution in [0.1, 0.15) is 92.4 Å². The van der Waals surface area contributed by atoms with E-state index in [-0.39, 0.29) is 5.79 Å². The largest absolute Gasteiger partial charge is 0.347 e. The number of rotatable bonds is 9. The van der Waals surface area contributed by atoms with E-state index in [2.05, 4.69) is 39.5 Å². The number of ether oxygens (including phenoxy) is 2. The lowest BCUT2D eigenvalue weighted by molar-refractivity contribution is -0.198. The van der Waals surface area contributed by atoms with Crippen molar-refractivity contribution in [3.8, 4) is 0 Å². The van der Waals surface area contributed by atoms with Crippen molar-refractivity contribution in [2.45, 2.75) is 110 Å². The van der Waals surface area contributed by atoms with Crippen LogP contribution in [-0.4, -0.2) is 42.5 Å². The van der Waals surface area contributed by atoms with Crippen LogP contribution in [0.5, 0.6) is 0 Å². The molecule has 1 spiro atoms. The molecule has 26 heavy (non-hydrogen) atoms. The highest BCUT2D eigenvalue weighted by Crippen LogP contribution is 2.48. The van der Waals surface area contributed by atoms with Crippen molar-refractivity contribution in [3.05, 3.63) is 0 Å². The third kappa shape index (κ3) is 5.23. The van der Waals surface area contributed by atoms with Gasteiger partial charge in [0.05, 0.1) is 12.7 Å². The average molecular weight is 366 g/mol. The van der Waals surface area contributed by atoms with Crippen molar-refractivity contribution < 1.29 is 9.47 Å². The molecule has 0 aromatic rings.